The molecular formula is C48H49N5O6. The van der Waals surface area contributed by atoms with E-state index in [0.717, 1.165) is 79.9 Å². The number of aromatic hydroxyl groups is 1. The molecule has 0 aromatic heterocycles. The van der Waals surface area contributed by atoms with Crippen molar-refractivity contribution < 1.29 is 29.1 Å². The molecule has 3 N–H and O–H groups in total. The molecule has 59 heavy (non-hydrogen) atoms. The van der Waals surface area contributed by atoms with Gasteiger partial charge in [-0.1, -0.05) is 48.5 Å². The van der Waals surface area contributed by atoms with Gasteiger partial charge < -0.3 is 15.3 Å². The van der Waals surface area contributed by atoms with Gasteiger partial charge in [0.25, 0.3) is 11.8 Å². The summed E-state index contributed by atoms with van der Waals surface area (Å²) in [5, 5.41) is 16.2. The summed E-state index contributed by atoms with van der Waals surface area (Å²) >= 11 is 0. The molecule has 6 aliphatic rings. The highest BCUT2D eigenvalue weighted by atomic mass is 16.3. The van der Waals surface area contributed by atoms with Crippen LogP contribution in [0.1, 0.15) is 111 Å². The van der Waals surface area contributed by atoms with Gasteiger partial charge in [0.15, 0.2) is 0 Å². The lowest BCUT2D eigenvalue weighted by Gasteiger charge is -2.43. The van der Waals surface area contributed by atoms with Crippen molar-refractivity contribution in [3.63, 3.8) is 0 Å². The number of imide groups is 2. The number of phenols is 1. The summed E-state index contributed by atoms with van der Waals surface area (Å²) in [5.74, 6) is -0.442. The fourth-order valence-electron chi connectivity index (χ4n) is 10.8. The fraction of sp³-hybridized carbons (Fsp3) is 0.396. The molecular weight excluding hydrogens is 743 g/mol. The molecule has 5 amide bonds. The molecule has 302 valence electrons. The van der Waals surface area contributed by atoms with Crippen LogP contribution in [0.15, 0.2) is 84.9 Å². The second-order valence-electron chi connectivity index (χ2n) is 17.6. The second kappa shape index (κ2) is 15.1. The van der Waals surface area contributed by atoms with Crippen molar-refractivity contribution in [2.45, 2.75) is 88.4 Å². The Labute approximate surface area is 343 Å². The van der Waals surface area contributed by atoms with Crippen LogP contribution in [0.2, 0.25) is 0 Å². The number of carbonyl (C=O) groups excluding carboxylic acids is 5. The van der Waals surface area contributed by atoms with Gasteiger partial charge in [0.1, 0.15) is 11.8 Å². The van der Waals surface area contributed by atoms with Gasteiger partial charge in [0, 0.05) is 56.7 Å². The van der Waals surface area contributed by atoms with E-state index < -0.39 is 29.7 Å². The Morgan fingerprint density at radius 3 is 2.10 bits per heavy atom. The van der Waals surface area contributed by atoms with Crippen molar-refractivity contribution in [2.24, 2.45) is 11.8 Å². The lowest BCUT2D eigenvalue weighted by atomic mass is 9.69. The third kappa shape index (κ3) is 6.99. The van der Waals surface area contributed by atoms with Crippen molar-refractivity contribution in [1.29, 1.82) is 0 Å². The van der Waals surface area contributed by atoms with E-state index in [0.29, 0.717) is 36.7 Å². The van der Waals surface area contributed by atoms with Crippen LogP contribution in [0.4, 0.5) is 5.69 Å². The van der Waals surface area contributed by atoms with Crippen LogP contribution in [-0.4, -0.2) is 81.1 Å². The maximum Gasteiger partial charge on any atom is 0.262 e. The van der Waals surface area contributed by atoms with E-state index in [1.54, 1.807) is 12.1 Å². The third-order valence-corrected chi connectivity index (χ3v) is 13.9. The van der Waals surface area contributed by atoms with Gasteiger partial charge in [-0.2, -0.15) is 0 Å². The highest BCUT2D eigenvalue weighted by Crippen LogP contribution is 2.47. The maximum atomic E-state index is 13.7. The number of carbonyl (C=O) groups is 5. The van der Waals surface area contributed by atoms with Gasteiger partial charge in [0.2, 0.25) is 17.7 Å². The predicted molar refractivity (Wildman–Crippen MR) is 221 cm³/mol. The Morgan fingerprint density at radius 2 is 1.42 bits per heavy atom. The Balaban J connectivity index is 0.695. The Hall–Kier alpha value is -5.81. The molecule has 2 saturated heterocycles. The molecule has 2 aliphatic carbocycles. The van der Waals surface area contributed by atoms with Gasteiger partial charge in [0.05, 0.1) is 17.2 Å². The Morgan fingerprint density at radius 1 is 0.729 bits per heavy atom. The van der Waals surface area contributed by atoms with Crippen molar-refractivity contribution >= 4 is 35.2 Å². The molecule has 1 saturated carbocycles. The zero-order valence-electron chi connectivity index (χ0n) is 33.1. The smallest absolute Gasteiger partial charge is 0.262 e. The van der Waals surface area contributed by atoms with Gasteiger partial charge in [-0.05, 0) is 127 Å². The normalized spacial score (nSPS) is 25.6. The van der Waals surface area contributed by atoms with E-state index in [-0.39, 0.29) is 41.7 Å². The van der Waals surface area contributed by atoms with Gasteiger partial charge in [-0.25, -0.2) is 0 Å². The van der Waals surface area contributed by atoms with E-state index in [1.807, 2.05) is 17.0 Å². The van der Waals surface area contributed by atoms with Crippen LogP contribution in [0.5, 0.6) is 5.75 Å². The maximum absolute atomic E-state index is 13.7. The van der Waals surface area contributed by atoms with Crippen LogP contribution in [0, 0.1) is 11.8 Å². The summed E-state index contributed by atoms with van der Waals surface area (Å²) in [5.41, 5.74) is 8.58. The second-order valence-corrected chi connectivity index (χ2v) is 17.6. The number of anilines is 1. The molecule has 4 aliphatic heterocycles. The number of hydrogen-bond acceptors (Lipinski definition) is 8. The molecule has 4 aromatic rings. The lowest BCUT2D eigenvalue weighted by Crippen LogP contribution is -2.56. The minimum absolute atomic E-state index is 0.0234. The van der Waals surface area contributed by atoms with Crippen molar-refractivity contribution in [3.05, 3.63) is 129 Å². The first-order valence-corrected chi connectivity index (χ1v) is 21.3. The molecule has 10 rings (SSSR count). The molecule has 11 nitrogen and oxygen atoms in total. The van der Waals surface area contributed by atoms with Crippen LogP contribution < -0.4 is 10.6 Å². The first-order valence-electron chi connectivity index (χ1n) is 21.3. The van der Waals surface area contributed by atoms with E-state index >= 15 is 0 Å². The number of benzene rings is 4. The summed E-state index contributed by atoms with van der Waals surface area (Å²) in [6.07, 6.45) is 5.97. The first kappa shape index (κ1) is 37.5. The first-order chi connectivity index (χ1) is 28.7. The molecule has 0 radical (unpaired) electrons. The summed E-state index contributed by atoms with van der Waals surface area (Å²) in [6.45, 7) is 3.86. The number of fused-ring (bicyclic) bond motifs is 3. The van der Waals surface area contributed by atoms with Crippen molar-refractivity contribution in [3.8, 4) is 5.75 Å². The van der Waals surface area contributed by atoms with Crippen LogP contribution in [0.3, 0.4) is 0 Å². The molecule has 0 spiro atoms. The number of phenolic OH excluding ortho intramolecular Hbond substituents is 1. The average Bonchev–Trinajstić information content (AvgIpc) is 3.76. The van der Waals surface area contributed by atoms with Crippen molar-refractivity contribution in [2.75, 3.05) is 25.0 Å². The summed E-state index contributed by atoms with van der Waals surface area (Å²) in [7, 11) is 0. The van der Waals surface area contributed by atoms with Crippen LogP contribution in [-0.2, 0) is 33.9 Å². The van der Waals surface area contributed by atoms with E-state index in [9.17, 15) is 29.1 Å². The number of hydrogen-bond donors (Lipinski definition) is 3. The minimum atomic E-state index is -0.996. The highest BCUT2D eigenvalue weighted by Gasteiger charge is 2.46. The zero-order chi connectivity index (χ0) is 40.4. The minimum Gasteiger partial charge on any atom is -0.508 e. The van der Waals surface area contributed by atoms with Gasteiger partial charge in [-0.15, -0.1) is 0 Å². The number of nitrogens with one attached hydrogen (secondary N) is 2. The molecule has 3 fully saturated rings. The number of rotatable bonds is 8. The number of aryl methyl sites for hydroxylation is 1. The van der Waals surface area contributed by atoms with Crippen LogP contribution >= 0.6 is 0 Å². The fourth-order valence-corrected chi connectivity index (χ4v) is 10.8. The van der Waals surface area contributed by atoms with Gasteiger partial charge in [-0.3, -0.25) is 39.1 Å². The number of piperidine rings is 1. The molecule has 1 unspecified atom stereocenters. The van der Waals surface area contributed by atoms with Crippen molar-refractivity contribution in [1.82, 2.24) is 20.0 Å². The standard InChI is InChI=1S/C48H49N5O6/c54-37-15-17-39-32(20-37)12-16-38(29-4-2-1-3-5-29)44(39)30-10-13-35(14-11-30)49-36-26-51(27-36)23-28-6-8-31(9-7-28)46(57)52-24-33-21-40-41(22-34(33)25-52)48(59)53(47(40)58)42-18-19-43(55)50-45(42)56/h1-5,10-11,13-15,17,20-22,28,31,36,38,42,44,49,54H,6-9,12,16,18-19,23-27H2,(H,50,55,56)/t28?,31?,38-,42?,44+/m1/s1. The quantitative estimate of drug-likeness (QED) is 0.182. The van der Waals surface area contributed by atoms with Gasteiger partial charge >= 0.3 is 0 Å². The Kier molecular flexibility index (Phi) is 9.58. The molecule has 3 atom stereocenters. The SMILES string of the molecule is O=C1CCC(N2C(=O)c3cc4c(cc3C2=O)CN(C(=O)C2CCC(CN3CC(Nc5ccc([C@@H]6c7ccc(O)cc7CC[C@@H]6c6ccccc6)cc5)C3)CC2)C4)C(=O)N1. The average molecular weight is 792 g/mol. The van der Waals surface area contributed by atoms with E-state index in [4.69, 9.17) is 0 Å². The predicted octanol–water partition coefficient (Wildman–Crippen LogP) is 6.10. The topological polar surface area (TPSA) is 139 Å². The molecule has 4 aromatic carbocycles. The number of nitrogens with zero attached hydrogens (tertiary/aromatic N) is 3. The summed E-state index contributed by atoms with van der Waals surface area (Å²) < 4.78 is 0. The third-order valence-electron chi connectivity index (χ3n) is 13.9. The molecule has 11 heteroatoms. The van der Waals surface area contributed by atoms with Crippen LogP contribution in [0.25, 0.3) is 0 Å². The monoisotopic (exact) mass is 791 g/mol. The number of amides is 5. The highest BCUT2D eigenvalue weighted by molar-refractivity contribution is 6.23. The Bertz CT molecular complexity index is 2300. The summed E-state index contributed by atoms with van der Waals surface area (Å²) in [4.78, 5) is 69.8. The molecule has 0 bridgehead atoms. The zero-order valence-corrected chi connectivity index (χ0v) is 33.1. The summed E-state index contributed by atoms with van der Waals surface area (Å²) in [6, 6.07) is 28.5. The number of likely N-dealkylation sites (tertiary alicyclic amines) is 1. The van der Waals surface area contributed by atoms with E-state index in [2.05, 4.69) is 76.2 Å². The largest absolute Gasteiger partial charge is 0.508 e. The molecule has 4 heterocycles. The van der Waals surface area contributed by atoms with E-state index in [1.165, 1.54) is 22.3 Å². The lowest BCUT2D eigenvalue weighted by molar-refractivity contribution is -0.138.